The van der Waals surface area contributed by atoms with Crippen molar-refractivity contribution in [2.45, 2.75) is 42.1 Å². The lowest BCUT2D eigenvalue weighted by atomic mass is 10.3. The molecule has 30 heavy (non-hydrogen) atoms. The largest absolute Gasteiger partial charge is 0.326 e. The van der Waals surface area contributed by atoms with Crippen molar-refractivity contribution in [1.82, 2.24) is 25.2 Å². The highest BCUT2D eigenvalue weighted by Crippen LogP contribution is 2.32. The fourth-order valence-electron chi connectivity index (χ4n) is 3.17. The smallest absolute Gasteiger partial charge is 0.240 e. The van der Waals surface area contributed by atoms with Gasteiger partial charge in [0.1, 0.15) is 16.5 Å². The van der Waals surface area contributed by atoms with E-state index in [1.165, 1.54) is 16.2 Å². The number of imidazole rings is 1. The predicted molar refractivity (Wildman–Crippen MR) is 112 cm³/mol. The van der Waals surface area contributed by atoms with Gasteiger partial charge in [-0.15, -0.1) is 0 Å². The number of nitrogens with zero attached hydrogens (tertiary/aromatic N) is 4. The quantitative estimate of drug-likeness (QED) is 0.543. The molecule has 1 aliphatic heterocycles. The number of amides is 1. The van der Waals surface area contributed by atoms with E-state index in [4.69, 9.17) is 0 Å². The molecule has 5 rings (SSSR count). The number of amidine groups is 1. The molecule has 154 valence electrons. The molecule has 2 aliphatic rings. The molecule has 8 nitrogen and oxygen atoms in total. The molecule has 3 heterocycles. The van der Waals surface area contributed by atoms with Crippen LogP contribution in [0.3, 0.4) is 0 Å². The number of carbonyl (C=O) groups excluding carboxylic acids is 1. The SMILES string of the molecule is CC1C/C(=N\c2nc(Sc3ccc(NC(=O)C4CC4)cc3)cc3ncc(F)n23)NN1. The van der Waals surface area contributed by atoms with Crippen molar-refractivity contribution in [3.8, 4) is 0 Å². The van der Waals surface area contributed by atoms with E-state index in [1.54, 1.807) is 6.07 Å². The third-order valence-electron chi connectivity index (χ3n) is 4.90. The molecule has 3 N–H and O–H groups in total. The fraction of sp³-hybridized carbons (Fsp3) is 0.300. The molecule has 3 aromatic rings. The Kier molecular flexibility index (Phi) is 4.87. The molecule has 1 amide bonds. The number of rotatable bonds is 5. The lowest BCUT2D eigenvalue weighted by molar-refractivity contribution is -0.117. The van der Waals surface area contributed by atoms with Crippen molar-refractivity contribution in [1.29, 1.82) is 0 Å². The number of anilines is 1. The predicted octanol–water partition coefficient (Wildman–Crippen LogP) is 3.28. The first-order valence-corrected chi connectivity index (χ1v) is 10.6. The van der Waals surface area contributed by atoms with Crippen LogP contribution in [0.2, 0.25) is 0 Å². The Morgan fingerprint density at radius 2 is 2.13 bits per heavy atom. The highest BCUT2D eigenvalue weighted by molar-refractivity contribution is 7.99. The molecule has 0 radical (unpaired) electrons. The van der Waals surface area contributed by atoms with Crippen LogP contribution in [0.25, 0.3) is 5.65 Å². The lowest BCUT2D eigenvalue weighted by Crippen LogP contribution is -2.29. The van der Waals surface area contributed by atoms with E-state index in [9.17, 15) is 9.18 Å². The zero-order valence-electron chi connectivity index (χ0n) is 16.2. The molecule has 1 unspecified atom stereocenters. The normalized spacial score (nSPS) is 19.9. The van der Waals surface area contributed by atoms with Crippen molar-refractivity contribution >= 4 is 40.8 Å². The highest BCUT2D eigenvalue weighted by Gasteiger charge is 2.29. The summed E-state index contributed by atoms with van der Waals surface area (Å²) >= 11 is 1.43. The maximum Gasteiger partial charge on any atom is 0.240 e. The number of carbonyl (C=O) groups is 1. The van der Waals surface area contributed by atoms with Crippen molar-refractivity contribution in [2.75, 3.05) is 5.32 Å². The lowest BCUT2D eigenvalue weighted by Gasteiger charge is -2.07. The summed E-state index contributed by atoms with van der Waals surface area (Å²) < 4.78 is 15.5. The second-order valence-electron chi connectivity index (χ2n) is 7.49. The average Bonchev–Trinajstić information content (AvgIpc) is 3.41. The van der Waals surface area contributed by atoms with Crippen LogP contribution in [0.4, 0.5) is 16.0 Å². The molecule has 0 bridgehead atoms. The monoisotopic (exact) mass is 425 g/mol. The first-order valence-electron chi connectivity index (χ1n) is 9.77. The van der Waals surface area contributed by atoms with Crippen molar-refractivity contribution in [2.24, 2.45) is 10.9 Å². The number of aromatic nitrogens is 3. The summed E-state index contributed by atoms with van der Waals surface area (Å²) in [7, 11) is 0. The van der Waals surface area contributed by atoms with Gasteiger partial charge in [-0.3, -0.25) is 4.79 Å². The van der Waals surface area contributed by atoms with E-state index < -0.39 is 5.95 Å². The van der Waals surface area contributed by atoms with Gasteiger partial charge in [-0.05, 0) is 44.0 Å². The Hall–Kier alpha value is -2.98. The van der Waals surface area contributed by atoms with Crippen LogP contribution in [0.1, 0.15) is 26.2 Å². The van der Waals surface area contributed by atoms with Crippen LogP contribution in [0.5, 0.6) is 0 Å². The summed E-state index contributed by atoms with van der Waals surface area (Å²) in [6.45, 7) is 2.03. The molecule has 1 atom stereocenters. The Bertz CT molecular complexity index is 1140. The van der Waals surface area contributed by atoms with Crippen molar-refractivity contribution in [3.63, 3.8) is 0 Å². The third kappa shape index (κ3) is 4.01. The van der Waals surface area contributed by atoms with Crippen LogP contribution >= 0.6 is 11.8 Å². The molecule has 1 aliphatic carbocycles. The van der Waals surface area contributed by atoms with Crippen LogP contribution in [-0.2, 0) is 4.79 Å². The van der Waals surface area contributed by atoms with E-state index in [0.29, 0.717) is 22.9 Å². The molecule has 1 saturated heterocycles. The Morgan fingerprint density at radius 1 is 1.33 bits per heavy atom. The number of hydrogen-bond donors (Lipinski definition) is 3. The highest BCUT2D eigenvalue weighted by atomic mass is 32.2. The zero-order valence-corrected chi connectivity index (χ0v) is 17.0. The van der Waals surface area contributed by atoms with Gasteiger partial charge in [-0.1, -0.05) is 11.8 Å². The summed E-state index contributed by atoms with van der Waals surface area (Å²) in [5.74, 6) is 0.664. The number of benzene rings is 1. The molecule has 10 heteroatoms. The molecular formula is C20H20FN7OS. The Balaban J connectivity index is 1.39. The summed E-state index contributed by atoms with van der Waals surface area (Å²) in [4.78, 5) is 26.0. The second-order valence-corrected chi connectivity index (χ2v) is 8.59. The zero-order chi connectivity index (χ0) is 20.7. The number of nitrogens with one attached hydrogen (secondary N) is 3. The van der Waals surface area contributed by atoms with Crippen LogP contribution in [-0.4, -0.2) is 32.2 Å². The van der Waals surface area contributed by atoms with Gasteiger partial charge in [0, 0.05) is 35.0 Å². The van der Waals surface area contributed by atoms with Gasteiger partial charge in [0.15, 0.2) is 0 Å². The van der Waals surface area contributed by atoms with Gasteiger partial charge in [-0.2, -0.15) is 9.38 Å². The minimum atomic E-state index is -0.511. The van der Waals surface area contributed by atoms with E-state index in [1.807, 2.05) is 31.2 Å². The summed E-state index contributed by atoms with van der Waals surface area (Å²) in [6, 6.07) is 9.54. The topological polar surface area (TPSA) is 95.7 Å². The number of hydrogen-bond acceptors (Lipinski definition) is 6. The maximum absolute atomic E-state index is 14.2. The molecule has 0 spiro atoms. The molecule has 1 saturated carbocycles. The van der Waals surface area contributed by atoms with E-state index in [-0.39, 0.29) is 23.8 Å². The van der Waals surface area contributed by atoms with E-state index >= 15 is 0 Å². The van der Waals surface area contributed by atoms with Crippen molar-refractivity contribution < 1.29 is 9.18 Å². The van der Waals surface area contributed by atoms with E-state index in [0.717, 1.165) is 29.6 Å². The Labute approximate surface area is 176 Å². The fourth-order valence-corrected chi connectivity index (χ4v) is 3.98. The number of hydrazine groups is 1. The minimum absolute atomic E-state index is 0.0805. The van der Waals surface area contributed by atoms with Gasteiger partial charge in [-0.25, -0.2) is 19.8 Å². The molecule has 2 fully saturated rings. The summed E-state index contributed by atoms with van der Waals surface area (Å²) in [5, 5.41) is 3.58. The number of aliphatic imine (C=N–C) groups is 1. The molecule has 1 aromatic carbocycles. The first-order chi connectivity index (χ1) is 14.5. The van der Waals surface area contributed by atoms with Gasteiger partial charge in [0.05, 0.1) is 6.20 Å². The van der Waals surface area contributed by atoms with Gasteiger partial charge in [0.2, 0.25) is 17.8 Å². The van der Waals surface area contributed by atoms with Crippen LogP contribution in [0, 0.1) is 11.9 Å². The summed E-state index contributed by atoms with van der Waals surface area (Å²) in [5.41, 5.74) is 7.28. The maximum atomic E-state index is 14.2. The molecule has 2 aromatic heterocycles. The van der Waals surface area contributed by atoms with Gasteiger partial charge >= 0.3 is 0 Å². The third-order valence-corrected chi connectivity index (χ3v) is 5.82. The van der Waals surface area contributed by atoms with Gasteiger partial charge < -0.3 is 10.7 Å². The summed E-state index contributed by atoms with van der Waals surface area (Å²) in [6.07, 6.45) is 3.80. The van der Waals surface area contributed by atoms with Gasteiger partial charge in [0.25, 0.3) is 0 Å². The standard InChI is InChI=1S/C20H20FN7OS/c1-11-8-16(27-26-11)24-20-25-18(9-17-22-10-15(21)28(17)20)30-14-6-4-13(5-7-14)23-19(29)12-2-3-12/h4-7,9-12,26H,2-3,8H2,1H3,(H,23,29)(H,24,25,27). The number of fused-ring (bicyclic) bond motifs is 1. The number of halogens is 1. The second kappa shape index (κ2) is 7.69. The Morgan fingerprint density at radius 3 is 2.83 bits per heavy atom. The van der Waals surface area contributed by atoms with Crippen LogP contribution in [0.15, 0.2) is 51.4 Å². The van der Waals surface area contributed by atoms with Crippen LogP contribution < -0.4 is 16.2 Å². The van der Waals surface area contributed by atoms with Crippen molar-refractivity contribution in [3.05, 3.63) is 42.5 Å². The first kappa shape index (κ1) is 19.0. The minimum Gasteiger partial charge on any atom is -0.326 e. The van der Waals surface area contributed by atoms with E-state index in [2.05, 4.69) is 31.1 Å². The average molecular weight is 425 g/mol. The molecular weight excluding hydrogens is 405 g/mol.